The fourth-order valence-corrected chi connectivity index (χ4v) is 5.28. The summed E-state index contributed by atoms with van der Waals surface area (Å²) < 4.78 is 5.23. The second-order valence-corrected chi connectivity index (χ2v) is 10.4. The first-order chi connectivity index (χ1) is 17.2. The molecule has 1 heterocycles. The summed E-state index contributed by atoms with van der Waals surface area (Å²) in [5.41, 5.74) is 4.35. The van der Waals surface area contributed by atoms with E-state index in [2.05, 4.69) is 96.8 Å². The first kappa shape index (κ1) is 27.2. The number of aryl methyl sites for hydroxylation is 1. The molecule has 0 N–H and O–H groups in total. The predicted octanol–water partition coefficient (Wildman–Crippen LogP) is 8.65. The van der Waals surface area contributed by atoms with Crippen molar-refractivity contribution in [2.24, 2.45) is 0 Å². The second-order valence-electron chi connectivity index (χ2n) is 10.4. The maximum absolute atomic E-state index is 2.68. The summed E-state index contributed by atoms with van der Waals surface area (Å²) in [6.45, 7) is 9.22. The third kappa shape index (κ3) is 8.98. The molecule has 0 saturated heterocycles. The Labute approximate surface area is 215 Å². The number of hydrogen-bond acceptors (Lipinski definition) is 0. The SMILES string of the molecule is CCCCCCCCCCC[n+]1c(CC(C)c2ccccc2)cn(CCC)c1Cc1ccccc1. The molecule has 2 heteroatoms. The van der Waals surface area contributed by atoms with Crippen molar-refractivity contribution >= 4 is 0 Å². The first-order valence-electron chi connectivity index (χ1n) is 14.4. The van der Waals surface area contributed by atoms with Gasteiger partial charge in [0.2, 0.25) is 0 Å². The average Bonchev–Trinajstić information content (AvgIpc) is 3.19. The third-order valence-electron chi connectivity index (χ3n) is 7.33. The molecule has 0 aliphatic heterocycles. The molecule has 1 aromatic heterocycles. The Hall–Kier alpha value is -2.35. The predicted molar refractivity (Wildman–Crippen MR) is 150 cm³/mol. The first-order valence-corrected chi connectivity index (χ1v) is 14.4. The van der Waals surface area contributed by atoms with E-state index in [-0.39, 0.29) is 0 Å². The van der Waals surface area contributed by atoms with E-state index < -0.39 is 0 Å². The van der Waals surface area contributed by atoms with Gasteiger partial charge in [-0.2, -0.15) is 0 Å². The summed E-state index contributed by atoms with van der Waals surface area (Å²) in [5.74, 6) is 2.00. The van der Waals surface area contributed by atoms with Gasteiger partial charge in [-0.25, -0.2) is 9.13 Å². The summed E-state index contributed by atoms with van der Waals surface area (Å²) in [5, 5.41) is 0. The van der Waals surface area contributed by atoms with Crippen LogP contribution in [0.25, 0.3) is 0 Å². The van der Waals surface area contributed by atoms with Gasteiger partial charge in [0.1, 0.15) is 11.9 Å². The van der Waals surface area contributed by atoms with Crippen LogP contribution in [0.5, 0.6) is 0 Å². The summed E-state index contributed by atoms with van der Waals surface area (Å²) in [6.07, 6.45) is 18.2. The summed E-state index contributed by atoms with van der Waals surface area (Å²) >= 11 is 0. The van der Waals surface area contributed by atoms with Gasteiger partial charge in [-0.3, -0.25) is 0 Å². The van der Waals surface area contributed by atoms with Crippen molar-refractivity contribution in [3.8, 4) is 0 Å². The van der Waals surface area contributed by atoms with E-state index in [9.17, 15) is 0 Å². The standard InChI is InChI=1S/C33H49N2/c1-4-6-7-8-9-10-11-12-19-25-35-32(26-29(3)31-22-17-14-18-23-31)28-34(24-5-2)33(35)27-30-20-15-13-16-21-30/h13-18,20-23,28-29H,4-12,19,24-27H2,1-3H3/q+1. The zero-order chi connectivity index (χ0) is 24.7. The highest BCUT2D eigenvalue weighted by atomic mass is 15.2. The Morgan fingerprint density at radius 2 is 1.31 bits per heavy atom. The lowest BCUT2D eigenvalue weighted by Crippen LogP contribution is -2.41. The molecule has 1 atom stereocenters. The molecule has 0 saturated carbocycles. The minimum atomic E-state index is 0.521. The number of hydrogen-bond donors (Lipinski definition) is 0. The van der Waals surface area contributed by atoms with E-state index in [4.69, 9.17) is 0 Å². The fourth-order valence-electron chi connectivity index (χ4n) is 5.28. The smallest absolute Gasteiger partial charge is 0.234 e. The number of rotatable bonds is 17. The summed E-state index contributed by atoms with van der Waals surface area (Å²) in [6, 6.07) is 22.0. The Morgan fingerprint density at radius 3 is 1.94 bits per heavy atom. The molecule has 0 amide bonds. The number of benzene rings is 2. The zero-order valence-corrected chi connectivity index (χ0v) is 22.7. The van der Waals surface area contributed by atoms with E-state index in [1.54, 1.807) is 0 Å². The van der Waals surface area contributed by atoms with Gasteiger partial charge >= 0.3 is 0 Å². The van der Waals surface area contributed by atoms with Crippen LogP contribution in [0, 0.1) is 0 Å². The van der Waals surface area contributed by atoms with Crippen LogP contribution >= 0.6 is 0 Å². The van der Waals surface area contributed by atoms with E-state index >= 15 is 0 Å². The van der Waals surface area contributed by atoms with Gasteiger partial charge in [0.15, 0.2) is 0 Å². The Kier molecular flexibility index (Phi) is 12.1. The van der Waals surface area contributed by atoms with Gasteiger partial charge < -0.3 is 0 Å². The lowest BCUT2D eigenvalue weighted by Gasteiger charge is -2.12. The van der Waals surface area contributed by atoms with Crippen molar-refractivity contribution in [3.63, 3.8) is 0 Å². The lowest BCUT2D eigenvalue weighted by atomic mass is 9.96. The molecular weight excluding hydrogens is 424 g/mol. The molecule has 2 nitrogen and oxygen atoms in total. The van der Waals surface area contributed by atoms with Gasteiger partial charge in [-0.1, -0.05) is 126 Å². The van der Waals surface area contributed by atoms with Crippen LogP contribution in [0.4, 0.5) is 0 Å². The molecular formula is C33H49N2+. The van der Waals surface area contributed by atoms with E-state index in [0.29, 0.717) is 5.92 Å². The molecule has 0 spiro atoms. The lowest BCUT2D eigenvalue weighted by molar-refractivity contribution is -0.710. The van der Waals surface area contributed by atoms with E-state index in [1.165, 1.54) is 86.9 Å². The number of nitrogens with zero attached hydrogens (tertiary/aromatic N) is 2. The molecule has 0 bridgehead atoms. The molecule has 0 aliphatic rings. The van der Waals surface area contributed by atoms with Crippen LogP contribution in [0.1, 0.15) is 114 Å². The second kappa shape index (κ2) is 15.6. The van der Waals surface area contributed by atoms with Crippen LogP contribution < -0.4 is 4.57 Å². The normalized spacial score (nSPS) is 12.2. The van der Waals surface area contributed by atoms with Crippen LogP contribution in [0.15, 0.2) is 66.9 Å². The van der Waals surface area contributed by atoms with Crippen molar-refractivity contribution in [2.75, 3.05) is 0 Å². The van der Waals surface area contributed by atoms with Crippen LogP contribution in [-0.2, 0) is 25.9 Å². The molecule has 2 aromatic carbocycles. The van der Waals surface area contributed by atoms with Gasteiger partial charge in [0.25, 0.3) is 5.82 Å². The fraction of sp³-hybridized carbons (Fsp3) is 0.545. The molecule has 0 fully saturated rings. The van der Waals surface area contributed by atoms with Gasteiger partial charge in [0.05, 0.1) is 19.5 Å². The Bertz CT molecular complexity index is 942. The zero-order valence-electron chi connectivity index (χ0n) is 22.7. The van der Waals surface area contributed by atoms with Crippen molar-refractivity contribution in [2.45, 2.75) is 117 Å². The van der Waals surface area contributed by atoms with E-state index in [0.717, 1.165) is 25.9 Å². The van der Waals surface area contributed by atoms with Gasteiger partial charge in [0, 0.05) is 6.42 Å². The third-order valence-corrected chi connectivity index (χ3v) is 7.33. The highest BCUT2D eigenvalue weighted by Gasteiger charge is 2.24. The molecule has 0 aliphatic carbocycles. The van der Waals surface area contributed by atoms with Gasteiger partial charge in [-0.05, 0) is 36.3 Å². The Morgan fingerprint density at radius 1 is 0.714 bits per heavy atom. The average molecular weight is 474 g/mol. The van der Waals surface area contributed by atoms with Crippen LogP contribution in [-0.4, -0.2) is 4.57 Å². The minimum absolute atomic E-state index is 0.521. The highest BCUT2D eigenvalue weighted by molar-refractivity contribution is 5.21. The largest absolute Gasteiger partial charge is 0.261 e. The monoisotopic (exact) mass is 473 g/mol. The molecule has 0 radical (unpaired) electrons. The van der Waals surface area contributed by atoms with Crippen molar-refractivity contribution in [3.05, 3.63) is 89.5 Å². The van der Waals surface area contributed by atoms with E-state index in [1.807, 2.05) is 0 Å². The maximum atomic E-state index is 2.68. The van der Waals surface area contributed by atoms with Crippen LogP contribution in [0.3, 0.4) is 0 Å². The van der Waals surface area contributed by atoms with Gasteiger partial charge in [-0.15, -0.1) is 0 Å². The quantitative estimate of drug-likeness (QED) is 0.137. The van der Waals surface area contributed by atoms with Crippen molar-refractivity contribution in [1.29, 1.82) is 0 Å². The molecule has 3 aromatic rings. The number of unbranched alkanes of at least 4 members (excludes halogenated alkanes) is 8. The minimum Gasteiger partial charge on any atom is -0.234 e. The summed E-state index contributed by atoms with van der Waals surface area (Å²) in [7, 11) is 0. The number of imidazole rings is 1. The Balaban J connectivity index is 1.72. The number of aromatic nitrogens is 2. The van der Waals surface area contributed by atoms with Crippen LogP contribution in [0.2, 0.25) is 0 Å². The topological polar surface area (TPSA) is 8.81 Å². The maximum Gasteiger partial charge on any atom is 0.261 e. The molecule has 1 unspecified atom stereocenters. The van der Waals surface area contributed by atoms with Crippen molar-refractivity contribution in [1.82, 2.24) is 4.57 Å². The summed E-state index contributed by atoms with van der Waals surface area (Å²) in [4.78, 5) is 0. The molecule has 3 rings (SSSR count). The molecule has 35 heavy (non-hydrogen) atoms. The van der Waals surface area contributed by atoms with Crippen molar-refractivity contribution < 1.29 is 4.57 Å². The highest BCUT2D eigenvalue weighted by Crippen LogP contribution is 2.21. The molecule has 190 valence electrons.